The molecule has 15 heteroatoms. The maximum atomic E-state index is 11.0. The molecule has 0 fully saturated rings. The van der Waals surface area contributed by atoms with E-state index in [4.69, 9.17) is 0 Å². The second kappa shape index (κ2) is 8.00. The maximum absolute atomic E-state index is 11.0. The van der Waals surface area contributed by atoms with Gasteiger partial charge in [-0.25, -0.2) is 0 Å². The minimum absolute atomic E-state index is 0.0186. The predicted molar refractivity (Wildman–Crippen MR) is 102 cm³/mol. The first-order valence-corrected chi connectivity index (χ1v) is 9.18. The van der Waals surface area contributed by atoms with E-state index >= 15 is 0 Å². The molecule has 0 radical (unpaired) electrons. The van der Waals surface area contributed by atoms with Gasteiger partial charge in [-0.2, -0.15) is 9.48 Å². The van der Waals surface area contributed by atoms with Gasteiger partial charge in [-0.3, -0.25) is 20.2 Å². The molecule has 0 atom stereocenters. The Kier molecular flexibility index (Phi) is 5.08. The molecule has 2 heterocycles. The lowest BCUT2D eigenvalue weighted by Crippen LogP contribution is -2.03. The van der Waals surface area contributed by atoms with Gasteiger partial charge in [-0.05, 0) is 27.8 Å². The van der Waals surface area contributed by atoms with E-state index in [2.05, 4.69) is 30.9 Å². The molecule has 2 aromatic heterocycles. The Morgan fingerprint density at radius 2 is 1.63 bits per heavy atom. The Morgan fingerprint density at radius 3 is 2.30 bits per heavy atom. The van der Waals surface area contributed by atoms with Gasteiger partial charge in [0.05, 0.1) is 21.6 Å². The van der Waals surface area contributed by atoms with Crippen molar-refractivity contribution in [1.82, 2.24) is 40.4 Å². The van der Waals surface area contributed by atoms with Gasteiger partial charge in [-0.1, -0.05) is 30.0 Å². The largest absolute Gasteiger partial charge is 0.277 e. The SMILES string of the molecule is O=[N+]([O-])c1cc(-c2nnn(CSc3nnnn3-c3ccccc3)n2)cc([N+](=O)[O-])c1. The number of rotatable bonds is 7. The second-order valence-corrected chi connectivity index (χ2v) is 6.63. The molecular formula is C15H10N10O4S. The van der Waals surface area contributed by atoms with Crippen LogP contribution < -0.4 is 0 Å². The van der Waals surface area contributed by atoms with Gasteiger partial charge >= 0.3 is 0 Å². The van der Waals surface area contributed by atoms with Crippen molar-refractivity contribution in [2.45, 2.75) is 11.0 Å². The van der Waals surface area contributed by atoms with Crippen molar-refractivity contribution in [3.8, 4) is 17.1 Å². The number of thioether (sulfide) groups is 1. The molecule has 0 aliphatic rings. The molecule has 4 rings (SSSR count). The topological polar surface area (TPSA) is 173 Å². The van der Waals surface area contributed by atoms with Crippen molar-refractivity contribution in [2.24, 2.45) is 0 Å². The number of nitrogens with zero attached hydrogens (tertiary/aromatic N) is 10. The second-order valence-electron chi connectivity index (χ2n) is 5.72. The lowest BCUT2D eigenvalue weighted by molar-refractivity contribution is -0.394. The molecule has 0 bridgehead atoms. The molecule has 0 amide bonds. The Balaban J connectivity index is 1.54. The molecule has 0 unspecified atom stereocenters. The molecule has 0 N–H and O–H groups in total. The van der Waals surface area contributed by atoms with Gasteiger partial charge in [0.25, 0.3) is 11.4 Å². The average molecular weight is 426 g/mol. The summed E-state index contributed by atoms with van der Waals surface area (Å²) in [6.45, 7) is 0. The molecule has 4 aromatic rings. The maximum Gasteiger partial charge on any atom is 0.277 e. The van der Waals surface area contributed by atoms with Crippen LogP contribution in [0.4, 0.5) is 11.4 Å². The van der Waals surface area contributed by atoms with Crippen LogP contribution >= 0.6 is 11.8 Å². The fourth-order valence-electron chi connectivity index (χ4n) is 2.46. The number of para-hydroxylation sites is 1. The predicted octanol–water partition coefficient (Wildman–Crippen LogP) is 1.88. The number of hydrogen-bond donors (Lipinski definition) is 0. The Bertz CT molecular complexity index is 1190. The summed E-state index contributed by atoms with van der Waals surface area (Å²) < 4.78 is 1.55. The van der Waals surface area contributed by atoms with Crippen LogP contribution in [-0.2, 0) is 5.88 Å². The lowest BCUT2D eigenvalue weighted by atomic mass is 10.1. The van der Waals surface area contributed by atoms with Gasteiger partial charge in [-0.15, -0.1) is 15.3 Å². The average Bonchev–Trinajstić information content (AvgIpc) is 3.42. The number of benzene rings is 2. The number of non-ortho nitro benzene ring substituents is 2. The summed E-state index contributed by atoms with van der Waals surface area (Å²) >= 11 is 1.23. The standard InChI is InChI=1S/C15H10N10O4S/c26-24(27)12-6-10(7-13(8-12)25(28)29)14-16-20-22(18-14)9-30-15-17-19-21-23(15)11-4-2-1-3-5-11/h1-8H,9H2. The molecule has 0 saturated heterocycles. The van der Waals surface area contributed by atoms with E-state index in [0.29, 0.717) is 5.16 Å². The Morgan fingerprint density at radius 1 is 0.933 bits per heavy atom. The van der Waals surface area contributed by atoms with E-state index in [-0.39, 0.29) is 17.3 Å². The molecule has 30 heavy (non-hydrogen) atoms. The number of hydrogen-bond acceptors (Lipinski definition) is 11. The molecule has 2 aromatic carbocycles. The van der Waals surface area contributed by atoms with Crippen LogP contribution in [0.2, 0.25) is 0 Å². The van der Waals surface area contributed by atoms with E-state index in [1.165, 1.54) is 16.6 Å². The summed E-state index contributed by atoms with van der Waals surface area (Å²) in [5, 5.41) is 46.0. The molecule has 150 valence electrons. The van der Waals surface area contributed by atoms with Gasteiger partial charge < -0.3 is 0 Å². The highest BCUT2D eigenvalue weighted by atomic mass is 32.2. The van der Waals surface area contributed by atoms with Crippen LogP contribution in [0, 0.1) is 20.2 Å². The van der Waals surface area contributed by atoms with Crippen molar-refractivity contribution in [1.29, 1.82) is 0 Å². The molecule has 0 aliphatic carbocycles. The normalized spacial score (nSPS) is 10.8. The lowest BCUT2D eigenvalue weighted by Gasteiger charge is -2.03. The molecular weight excluding hydrogens is 416 g/mol. The highest BCUT2D eigenvalue weighted by Crippen LogP contribution is 2.27. The smallest absolute Gasteiger partial charge is 0.258 e. The van der Waals surface area contributed by atoms with Crippen molar-refractivity contribution in [3.05, 3.63) is 68.8 Å². The van der Waals surface area contributed by atoms with Crippen LogP contribution in [0.1, 0.15) is 0 Å². The summed E-state index contributed by atoms with van der Waals surface area (Å²) in [7, 11) is 0. The van der Waals surface area contributed by atoms with Gasteiger partial charge in [0, 0.05) is 17.7 Å². The van der Waals surface area contributed by atoms with Crippen LogP contribution in [0.3, 0.4) is 0 Å². The Hall–Kier alpha value is -4.27. The van der Waals surface area contributed by atoms with Crippen molar-refractivity contribution in [2.75, 3.05) is 0 Å². The zero-order valence-electron chi connectivity index (χ0n) is 14.8. The van der Waals surface area contributed by atoms with Crippen molar-refractivity contribution < 1.29 is 9.85 Å². The van der Waals surface area contributed by atoms with Crippen LogP contribution in [-0.4, -0.2) is 50.3 Å². The van der Waals surface area contributed by atoms with Gasteiger partial charge in [0.2, 0.25) is 11.0 Å². The minimum atomic E-state index is -0.722. The zero-order chi connectivity index (χ0) is 21.1. The third-order valence-corrected chi connectivity index (χ3v) is 4.66. The number of nitro groups is 2. The first-order chi connectivity index (χ1) is 14.5. The van der Waals surface area contributed by atoms with E-state index in [0.717, 1.165) is 23.9 Å². The fraction of sp³-hybridized carbons (Fsp3) is 0.0667. The van der Waals surface area contributed by atoms with Crippen LogP contribution in [0.15, 0.2) is 53.7 Å². The van der Waals surface area contributed by atoms with E-state index in [9.17, 15) is 20.2 Å². The third-order valence-electron chi connectivity index (χ3n) is 3.79. The molecule has 14 nitrogen and oxygen atoms in total. The van der Waals surface area contributed by atoms with Crippen LogP contribution in [0.5, 0.6) is 0 Å². The highest BCUT2D eigenvalue weighted by molar-refractivity contribution is 7.98. The molecule has 0 spiro atoms. The highest BCUT2D eigenvalue weighted by Gasteiger charge is 2.19. The number of nitro benzene ring substituents is 2. The van der Waals surface area contributed by atoms with E-state index < -0.39 is 21.2 Å². The van der Waals surface area contributed by atoms with Gasteiger partial charge in [0.1, 0.15) is 5.88 Å². The molecule has 0 aliphatic heterocycles. The van der Waals surface area contributed by atoms with E-state index in [1.54, 1.807) is 4.68 Å². The number of aromatic nitrogens is 8. The molecule has 0 saturated carbocycles. The Labute approximate surface area is 170 Å². The first-order valence-electron chi connectivity index (χ1n) is 8.20. The van der Waals surface area contributed by atoms with Crippen molar-refractivity contribution in [3.63, 3.8) is 0 Å². The summed E-state index contributed by atoms with van der Waals surface area (Å²) in [4.78, 5) is 21.9. The first kappa shape index (κ1) is 19.1. The quantitative estimate of drug-likeness (QED) is 0.240. The monoisotopic (exact) mass is 426 g/mol. The fourth-order valence-corrected chi connectivity index (χ4v) is 3.16. The van der Waals surface area contributed by atoms with E-state index in [1.807, 2.05) is 30.3 Å². The summed E-state index contributed by atoms with van der Waals surface area (Å²) in [5.74, 6) is 0.210. The van der Waals surface area contributed by atoms with Crippen LogP contribution in [0.25, 0.3) is 17.1 Å². The summed E-state index contributed by atoms with van der Waals surface area (Å²) in [5.41, 5.74) is 0.0151. The number of tetrazole rings is 2. The minimum Gasteiger partial charge on any atom is -0.258 e. The van der Waals surface area contributed by atoms with Crippen molar-refractivity contribution >= 4 is 23.1 Å². The summed E-state index contributed by atoms with van der Waals surface area (Å²) in [6, 6.07) is 12.5. The van der Waals surface area contributed by atoms with Gasteiger partial charge in [0.15, 0.2) is 0 Å². The third kappa shape index (κ3) is 3.95. The zero-order valence-corrected chi connectivity index (χ0v) is 15.7. The summed E-state index contributed by atoms with van der Waals surface area (Å²) in [6.07, 6.45) is 0.